The van der Waals surface area contributed by atoms with Crippen LogP contribution in [0, 0.1) is 0 Å². The van der Waals surface area contributed by atoms with Crippen molar-refractivity contribution in [3.8, 4) is 5.75 Å². The molecule has 0 saturated carbocycles. The summed E-state index contributed by atoms with van der Waals surface area (Å²) in [5, 5.41) is 15.5. The fourth-order valence-electron chi connectivity index (χ4n) is 5.23. The zero-order chi connectivity index (χ0) is 28.2. The number of hydrogen-bond donors (Lipinski definition) is 3. The molecular formula is C29H29N3O8. The van der Waals surface area contributed by atoms with Gasteiger partial charge in [-0.3, -0.25) is 24.1 Å². The molecule has 3 aliphatic rings. The molecule has 11 nitrogen and oxygen atoms in total. The van der Waals surface area contributed by atoms with Gasteiger partial charge in [0.25, 0.3) is 5.91 Å². The lowest BCUT2D eigenvalue weighted by Crippen LogP contribution is -2.55. The molecular weight excluding hydrogens is 518 g/mol. The number of cyclic esters (lactones) is 1. The van der Waals surface area contributed by atoms with Crippen LogP contribution in [0.1, 0.15) is 46.4 Å². The Morgan fingerprint density at radius 3 is 2.40 bits per heavy atom. The van der Waals surface area contributed by atoms with Crippen molar-refractivity contribution in [3.05, 3.63) is 77.9 Å². The van der Waals surface area contributed by atoms with Gasteiger partial charge >= 0.3 is 11.9 Å². The van der Waals surface area contributed by atoms with E-state index in [2.05, 4.69) is 10.6 Å². The van der Waals surface area contributed by atoms with Gasteiger partial charge in [0.15, 0.2) is 5.78 Å². The van der Waals surface area contributed by atoms with Crippen LogP contribution in [-0.2, 0) is 19.1 Å². The normalized spacial score (nSPS) is 26.3. The summed E-state index contributed by atoms with van der Waals surface area (Å²) in [6.07, 6.45) is 2.93. The first-order valence-electron chi connectivity index (χ1n) is 13.1. The minimum absolute atomic E-state index is 0.111. The van der Waals surface area contributed by atoms with E-state index in [-0.39, 0.29) is 24.7 Å². The van der Waals surface area contributed by atoms with Crippen molar-refractivity contribution in [2.45, 2.75) is 56.1 Å². The van der Waals surface area contributed by atoms with E-state index in [1.54, 1.807) is 53.4 Å². The van der Waals surface area contributed by atoms with Crippen molar-refractivity contribution in [2.75, 3.05) is 6.54 Å². The molecule has 5 atom stereocenters. The molecule has 2 fully saturated rings. The number of rotatable bonds is 6. The second-order valence-electron chi connectivity index (χ2n) is 10.00. The molecule has 5 rings (SSSR count). The predicted molar refractivity (Wildman–Crippen MR) is 140 cm³/mol. The van der Waals surface area contributed by atoms with E-state index in [1.165, 1.54) is 18.2 Å². The third kappa shape index (κ3) is 6.11. The van der Waals surface area contributed by atoms with Crippen LogP contribution in [0.15, 0.2) is 66.7 Å². The van der Waals surface area contributed by atoms with Gasteiger partial charge in [-0.2, -0.15) is 0 Å². The average molecular weight is 548 g/mol. The first kappa shape index (κ1) is 27.2. The summed E-state index contributed by atoms with van der Waals surface area (Å²) in [4.78, 5) is 64.4. The molecule has 0 spiro atoms. The van der Waals surface area contributed by atoms with Crippen LogP contribution in [0.2, 0.25) is 0 Å². The summed E-state index contributed by atoms with van der Waals surface area (Å²) in [5.41, 5.74) is 0.766. The third-order valence-corrected chi connectivity index (χ3v) is 7.26. The Labute approximate surface area is 230 Å². The second-order valence-corrected chi connectivity index (χ2v) is 10.00. The smallest absolute Gasteiger partial charge is 0.343 e. The maximum atomic E-state index is 13.1. The minimum atomic E-state index is -1.41. The Balaban J connectivity index is 1.22. The summed E-state index contributed by atoms with van der Waals surface area (Å²) in [6, 6.07) is 12.3. The third-order valence-electron chi connectivity index (χ3n) is 7.26. The van der Waals surface area contributed by atoms with Crippen LogP contribution in [0.3, 0.4) is 0 Å². The SMILES string of the molecule is O=C1CC(NC(=O)[C@@H]2CC[C@H]3C(=O)C=CC[C@H](NC(=O)c4ccc(OC(=O)c5ccccc5)cc4)CN32)C(O)O1. The van der Waals surface area contributed by atoms with Gasteiger partial charge in [-0.1, -0.05) is 24.3 Å². The highest BCUT2D eigenvalue weighted by atomic mass is 16.6. The van der Waals surface area contributed by atoms with Crippen molar-refractivity contribution in [3.63, 3.8) is 0 Å². The molecule has 2 aromatic carbocycles. The van der Waals surface area contributed by atoms with Crippen molar-refractivity contribution < 1.29 is 38.6 Å². The number of ether oxygens (including phenoxy) is 2. The molecule has 3 heterocycles. The standard InChI is InChI=1S/C29H29N3O8/c33-24-8-4-7-19(16-32-22(24)13-14-23(32)27(36)31-21-15-25(34)40-29(21)38)30-26(35)17-9-11-20(12-10-17)39-28(37)18-5-2-1-3-6-18/h1-6,8-12,19,21-23,29,38H,7,13-16H2,(H,30,35)(H,31,36)/t19-,21?,22-,23-,29?/m0/s1. The molecule has 3 N–H and O–H groups in total. The summed E-state index contributed by atoms with van der Waals surface area (Å²) >= 11 is 0. The quantitative estimate of drug-likeness (QED) is 0.357. The molecule has 11 heteroatoms. The highest BCUT2D eigenvalue weighted by Crippen LogP contribution is 2.28. The van der Waals surface area contributed by atoms with E-state index in [4.69, 9.17) is 9.47 Å². The first-order valence-corrected chi connectivity index (χ1v) is 13.1. The topological polar surface area (TPSA) is 151 Å². The monoisotopic (exact) mass is 547 g/mol. The number of hydrogen-bond acceptors (Lipinski definition) is 9. The van der Waals surface area contributed by atoms with Crippen LogP contribution in [-0.4, -0.2) is 76.5 Å². The lowest BCUT2D eigenvalue weighted by atomic mass is 10.0. The first-order chi connectivity index (χ1) is 19.3. The molecule has 3 aliphatic heterocycles. The Morgan fingerprint density at radius 1 is 0.950 bits per heavy atom. The van der Waals surface area contributed by atoms with E-state index >= 15 is 0 Å². The average Bonchev–Trinajstić information content (AvgIpc) is 3.49. The lowest BCUT2D eigenvalue weighted by Gasteiger charge is -2.33. The second kappa shape index (κ2) is 11.8. The van der Waals surface area contributed by atoms with Crippen molar-refractivity contribution in [2.24, 2.45) is 0 Å². The lowest BCUT2D eigenvalue weighted by molar-refractivity contribution is -0.155. The van der Waals surface area contributed by atoms with Crippen molar-refractivity contribution in [1.29, 1.82) is 0 Å². The molecule has 2 saturated heterocycles. The number of benzene rings is 2. The zero-order valence-corrected chi connectivity index (χ0v) is 21.5. The molecule has 2 unspecified atom stereocenters. The molecule has 40 heavy (non-hydrogen) atoms. The van der Waals surface area contributed by atoms with E-state index in [0.717, 1.165) is 0 Å². The summed E-state index contributed by atoms with van der Waals surface area (Å²) in [6.45, 7) is 0.250. The maximum Gasteiger partial charge on any atom is 0.343 e. The number of fused-ring (bicyclic) bond motifs is 1. The highest BCUT2D eigenvalue weighted by Gasteiger charge is 2.44. The predicted octanol–water partition coefficient (Wildman–Crippen LogP) is 1.12. The van der Waals surface area contributed by atoms with Gasteiger partial charge < -0.3 is 25.2 Å². The molecule has 0 radical (unpaired) electrons. The van der Waals surface area contributed by atoms with Crippen LogP contribution in [0.4, 0.5) is 0 Å². The number of ketones is 1. The van der Waals surface area contributed by atoms with Crippen molar-refractivity contribution in [1.82, 2.24) is 15.5 Å². The minimum Gasteiger partial charge on any atom is -0.434 e. The van der Waals surface area contributed by atoms with E-state index in [9.17, 15) is 29.1 Å². The van der Waals surface area contributed by atoms with E-state index < -0.39 is 48.3 Å². The van der Waals surface area contributed by atoms with Gasteiger partial charge in [-0.25, -0.2) is 4.79 Å². The van der Waals surface area contributed by atoms with Crippen LogP contribution >= 0.6 is 0 Å². The van der Waals surface area contributed by atoms with Gasteiger partial charge in [-0.15, -0.1) is 0 Å². The van der Waals surface area contributed by atoms with E-state index in [1.807, 2.05) is 0 Å². The van der Waals surface area contributed by atoms with Gasteiger partial charge in [0.05, 0.1) is 24.1 Å². The Bertz CT molecular complexity index is 1330. The number of carbonyl (C=O) groups excluding carboxylic acids is 5. The van der Waals surface area contributed by atoms with Gasteiger partial charge in [0, 0.05) is 18.2 Å². The van der Waals surface area contributed by atoms with Crippen LogP contribution in [0.25, 0.3) is 0 Å². The Hall–Kier alpha value is -4.35. The molecule has 0 aromatic heterocycles. The van der Waals surface area contributed by atoms with Gasteiger partial charge in [-0.05, 0) is 61.7 Å². The highest BCUT2D eigenvalue weighted by molar-refractivity contribution is 5.97. The number of aliphatic hydroxyl groups excluding tert-OH is 1. The molecule has 0 aliphatic carbocycles. The summed E-state index contributed by atoms with van der Waals surface area (Å²) in [7, 11) is 0. The number of nitrogens with one attached hydrogen (secondary N) is 2. The molecule has 208 valence electrons. The molecule has 0 bridgehead atoms. The number of carbonyl (C=O) groups is 5. The molecule has 2 amide bonds. The number of esters is 2. The number of amides is 2. The Morgan fingerprint density at radius 2 is 1.70 bits per heavy atom. The largest absolute Gasteiger partial charge is 0.434 e. The van der Waals surface area contributed by atoms with Gasteiger partial charge in [0.1, 0.15) is 11.8 Å². The molecule has 2 aromatic rings. The number of aliphatic hydroxyl groups is 1. The summed E-state index contributed by atoms with van der Waals surface area (Å²) < 4.78 is 10.1. The summed E-state index contributed by atoms with van der Waals surface area (Å²) in [5.74, 6) is -1.68. The van der Waals surface area contributed by atoms with Gasteiger partial charge in [0.2, 0.25) is 12.2 Å². The van der Waals surface area contributed by atoms with Crippen LogP contribution < -0.4 is 15.4 Å². The zero-order valence-electron chi connectivity index (χ0n) is 21.5. The Kier molecular flexibility index (Phi) is 8.04. The van der Waals surface area contributed by atoms with E-state index in [0.29, 0.717) is 36.1 Å². The van der Waals surface area contributed by atoms with Crippen LogP contribution in [0.5, 0.6) is 5.75 Å². The fraction of sp³-hybridized carbons (Fsp3) is 0.345. The maximum absolute atomic E-state index is 13.1. The number of nitrogens with zero attached hydrogens (tertiary/aromatic N) is 1. The fourth-order valence-corrected chi connectivity index (χ4v) is 5.23. The van der Waals surface area contributed by atoms with Crippen molar-refractivity contribution >= 4 is 29.5 Å².